The van der Waals surface area contributed by atoms with Crippen molar-refractivity contribution in [1.82, 2.24) is 4.98 Å². The van der Waals surface area contributed by atoms with E-state index in [4.69, 9.17) is 33.1 Å². The number of nitrogens with one attached hydrogen (secondary N) is 1. The summed E-state index contributed by atoms with van der Waals surface area (Å²) in [5.74, 6) is -0.711. The lowest BCUT2D eigenvalue weighted by molar-refractivity contribution is -0.134. The number of rotatable bonds is 0. The van der Waals surface area contributed by atoms with Crippen LogP contribution in [0.15, 0.2) is 18.3 Å². The summed E-state index contributed by atoms with van der Waals surface area (Å²) in [5, 5.41) is 18.2. The first-order valence-electron chi connectivity index (χ1n) is 4.27. The first-order valence-corrected chi connectivity index (χ1v) is 5.02. The number of fused-ring (bicyclic) bond motifs is 1. The molecular formula is C10H9Cl2NO3. The summed E-state index contributed by atoms with van der Waals surface area (Å²) in [6.07, 6.45) is 1.48. The number of aliphatic carboxylic acids is 1. The molecule has 4 nitrogen and oxygen atoms in total. The second-order valence-electron chi connectivity index (χ2n) is 2.98. The standard InChI is InChI=1S/C8H5Cl2NO.C2H4O2/c9-4-1-2-5-7(8(4)10)6(12)3-11-5;1-2(3)4/h1-3,11-12H;1H3,(H,3,4). The SMILES string of the molecule is CC(=O)O.Oc1c[nH]c2ccc(Cl)c(Cl)c12. The number of halogens is 2. The Morgan fingerprint density at radius 2 is 1.94 bits per heavy atom. The van der Waals surface area contributed by atoms with Crippen molar-refractivity contribution in [1.29, 1.82) is 0 Å². The summed E-state index contributed by atoms with van der Waals surface area (Å²) >= 11 is 11.6. The molecule has 0 fully saturated rings. The van der Waals surface area contributed by atoms with Crippen molar-refractivity contribution in [3.8, 4) is 5.75 Å². The number of carboxylic acid groups (broad SMARTS) is 1. The van der Waals surface area contributed by atoms with E-state index in [0.717, 1.165) is 12.4 Å². The third-order valence-corrected chi connectivity index (χ3v) is 2.52. The van der Waals surface area contributed by atoms with Gasteiger partial charge in [0.15, 0.2) is 0 Å². The minimum atomic E-state index is -0.833. The molecule has 1 aromatic carbocycles. The van der Waals surface area contributed by atoms with Crippen molar-refractivity contribution >= 4 is 40.1 Å². The van der Waals surface area contributed by atoms with Crippen LogP contribution < -0.4 is 0 Å². The second kappa shape index (κ2) is 5.09. The fourth-order valence-corrected chi connectivity index (χ4v) is 1.56. The predicted molar refractivity (Wildman–Crippen MR) is 63.3 cm³/mol. The minimum Gasteiger partial charge on any atom is -0.506 e. The van der Waals surface area contributed by atoms with E-state index in [9.17, 15) is 5.11 Å². The summed E-state index contributed by atoms with van der Waals surface area (Å²) in [4.78, 5) is 11.9. The molecule has 2 aromatic rings. The lowest BCUT2D eigenvalue weighted by Crippen LogP contribution is -1.78. The van der Waals surface area contributed by atoms with Crippen LogP contribution in [0.4, 0.5) is 0 Å². The Labute approximate surface area is 101 Å². The number of aromatic hydroxyl groups is 1. The molecule has 6 heteroatoms. The number of benzene rings is 1. The maximum atomic E-state index is 9.34. The average molecular weight is 262 g/mol. The van der Waals surface area contributed by atoms with E-state index in [2.05, 4.69) is 4.98 Å². The van der Waals surface area contributed by atoms with Gasteiger partial charge in [0.05, 0.1) is 20.9 Å². The highest BCUT2D eigenvalue weighted by atomic mass is 35.5. The van der Waals surface area contributed by atoms with Gasteiger partial charge in [0, 0.05) is 13.1 Å². The molecule has 0 saturated carbocycles. The smallest absolute Gasteiger partial charge is 0.300 e. The van der Waals surface area contributed by atoms with Crippen LogP contribution in [0.25, 0.3) is 10.9 Å². The fraction of sp³-hybridized carbons (Fsp3) is 0.100. The fourth-order valence-electron chi connectivity index (χ4n) is 1.14. The zero-order valence-electron chi connectivity index (χ0n) is 8.29. The Bertz CT molecular complexity index is 518. The number of hydrogen-bond donors (Lipinski definition) is 3. The number of aromatic nitrogens is 1. The van der Waals surface area contributed by atoms with Crippen LogP contribution >= 0.6 is 23.2 Å². The molecule has 1 aromatic heterocycles. The van der Waals surface area contributed by atoms with Crippen LogP contribution in [0, 0.1) is 0 Å². The van der Waals surface area contributed by atoms with Gasteiger partial charge in [0.25, 0.3) is 5.97 Å². The Balaban J connectivity index is 0.000000280. The molecule has 0 amide bonds. The third kappa shape index (κ3) is 2.81. The molecule has 16 heavy (non-hydrogen) atoms. The van der Waals surface area contributed by atoms with E-state index in [1.165, 1.54) is 6.20 Å². The molecule has 0 saturated heterocycles. The number of hydrogen-bond acceptors (Lipinski definition) is 2. The maximum Gasteiger partial charge on any atom is 0.300 e. The highest BCUT2D eigenvalue weighted by molar-refractivity contribution is 6.45. The lowest BCUT2D eigenvalue weighted by atomic mass is 10.2. The number of aromatic amines is 1. The topological polar surface area (TPSA) is 73.3 Å². The van der Waals surface area contributed by atoms with Gasteiger partial charge in [0.1, 0.15) is 5.75 Å². The first kappa shape index (κ1) is 12.7. The minimum absolute atomic E-state index is 0.123. The molecule has 0 bridgehead atoms. The Morgan fingerprint density at radius 3 is 2.50 bits per heavy atom. The van der Waals surface area contributed by atoms with Crippen molar-refractivity contribution in [2.24, 2.45) is 0 Å². The summed E-state index contributed by atoms with van der Waals surface area (Å²) in [6, 6.07) is 3.45. The monoisotopic (exact) mass is 261 g/mol. The predicted octanol–water partition coefficient (Wildman–Crippen LogP) is 3.27. The van der Waals surface area contributed by atoms with E-state index < -0.39 is 5.97 Å². The summed E-state index contributed by atoms with van der Waals surface area (Å²) < 4.78 is 0. The third-order valence-electron chi connectivity index (χ3n) is 1.72. The van der Waals surface area contributed by atoms with Crippen LogP contribution in [-0.2, 0) is 4.79 Å². The summed E-state index contributed by atoms with van der Waals surface area (Å²) in [6.45, 7) is 1.08. The number of carboxylic acids is 1. The Morgan fingerprint density at radius 1 is 1.38 bits per heavy atom. The van der Waals surface area contributed by atoms with Gasteiger partial charge in [0.2, 0.25) is 0 Å². The van der Waals surface area contributed by atoms with E-state index in [-0.39, 0.29) is 5.75 Å². The van der Waals surface area contributed by atoms with Crippen LogP contribution in [0.1, 0.15) is 6.92 Å². The first-order chi connectivity index (χ1) is 7.43. The van der Waals surface area contributed by atoms with Crippen LogP contribution in [0.2, 0.25) is 10.0 Å². The van der Waals surface area contributed by atoms with Gasteiger partial charge in [-0.2, -0.15) is 0 Å². The summed E-state index contributed by atoms with van der Waals surface area (Å²) in [5.41, 5.74) is 0.780. The quantitative estimate of drug-likeness (QED) is 0.682. The van der Waals surface area contributed by atoms with E-state index in [0.29, 0.717) is 15.4 Å². The van der Waals surface area contributed by atoms with E-state index in [1.807, 2.05) is 0 Å². The van der Waals surface area contributed by atoms with Crippen molar-refractivity contribution < 1.29 is 15.0 Å². The zero-order chi connectivity index (χ0) is 12.3. The molecule has 0 atom stereocenters. The van der Waals surface area contributed by atoms with Gasteiger partial charge in [-0.25, -0.2) is 0 Å². The van der Waals surface area contributed by atoms with Gasteiger partial charge in [-0.05, 0) is 12.1 Å². The molecule has 0 radical (unpaired) electrons. The molecule has 3 N–H and O–H groups in total. The zero-order valence-corrected chi connectivity index (χ0v) is 9.80. The van der Waals surface area contributed by atoms with Gasteiger partial charge >= 0.3 is 0 Å². The molecule has 0 spiro atoms. The van der Waals surface area contributed by atoms with Crippen LogP contribution in [-0.4, -0.2) is 21.2 Å². The van der Waals surface area contributed by atoms with Gasteiger partial charge < -0.3 is 15.2 Å². The van der Waals surface area contributed by atoms with Crippen LogP contribution in [0.3, 0.4) is 0 Å². The normalized spacial score (nSPS) is 9.69. The largest absolute Gasteiger partial charge is 0.506 e. The molecule has 0 aliphatic rings. The van der Waals surface area contributed by atoms with Crippen molar-refractivity contribution in [3.63, 3.8) is 0 Å². The Hall–Kier alpha value is -1.39. The number of carbonyl (C=O) groups is 1. The lowest BCUT2D eigenvalue weighted by Gasteiger charge is -1.96. The molecular weight excluding hydrogens is 253 g/mol. The van der Waals surface area contributed by atoms with Crippen molar-refractivity contribution in [2.75, 3.05) is 0 Å². The average Bonchev–Trinajstić information content (AvgIpc) is 2.54. The molecule has 0 aliphatic carbocycles. The number of H-pyrrole nitrogens is 1. The molecule has 2 rings (SSSR count). The van der Waals surface area contributed by atoms with Gasteiger partial charge in [-0.3, -0.25) is 4.79 Å². The van der Waals surface area contributed by atoms with Gasteiger partial charge in [-0.1, -0.05) is 23.2 Å². The highest BCUT2D eigenvalue weighted by Crippen LogP contribution is 2.35. The molecule has 1 heterocycles. The second-order valence-corrected chi connectivity index (χ2v) is 3.76. The maximum absolute atomic E-state index is 9.34. The molecule has 0 aliphatic heterocycles. The van der Waals surface area contributed by atoms with Crippen LogP contribution in [0.5, 0.6) is 5.75 Å². The molecule has 86 valence electrons. The van der Waals surface area contributed by atoms with E-state index in [1.54, 1.807) is 12.1 Å². The summed E-state index contributed by atoms with van der Waals surface area (Å²) in [7, 11) is 0. The molecule has 0 unspecified atom stereocenters. The van der Waals surface area contributed by atoms with Crippen molar-refractivity contribution in [3.05, 3.63) is 28.4 Å². The van der Waals surface area contributed by atoms with Crippen molar-refractivity contribution in [2.45, 2.75) is 6.92 Å². The van der Waals surface area contributed by atoms with E-state index >= 15 is 0 Å². The highest BCUT2D eigenvalue weighted by Gasteiger charge is 2.08. The van der Waals surface area contributed by atoms with Gasteiger partial charge in [-0.15, -0.1) is 0 Å². The Kier molecular flexibility index (Phi) is 4.04.